The van der Waals surface area contributed by atoms with Gasteiger partial charge in [0.05, 0.1) is 24.2 Å². The number of anilines is 1. The third-order valence-corrected chi connectivity index (χ3v) is 6.45. The predicted molar refractivity (Wildman–Crippen MR) is 123 cm³/mol. The normalized spacial score (nSPS) is 12.5. The Hall–Kier alpha value is -1.72. The van der Waals surface area contributed by atoms with Gasteiger partial charge in [-0.2, -0.15) is 5.43 Å². The number of nitrogens with zero attached hydrogens (tertiary/aromatic N) is 1. The minimum atomic E-state index is -3.58. The molecule has 0 heterocycles. The molecule has 184 valence electrons. The largest absolute Gasteiger partial charge is 0.463 e. The van der Waals surface area contributed by atoms with Crippen LogP contribution < -0.4 is 9.84 Å². The average molecular weight is 475 g/mol. The van der Waals surface area contributed by atoms with Crippen LogP contribution in [0.2, 0.25) is 0 Å². The number of benzene rings is 1. The number of hydrazine groups is 1. The molecule has 1 aromatic carbocycles. The molecule has 9 nitrogen and oxygen atoms in total. The highest BCUT2D eigenvalue weighted by Gasteiger charge is 2.21. The van der Waals surface area contributed by atoms with E-state index in [1.54, 1.807) is 31.2 Å². The molecule has 0 saturated heterocycles. The number of hydrogen-bond acceptors (Lipinski definition) is 8. The number of unbranched alkanes of at least 4 members (excludes halogenated alkanes) is 3. The minimum Gasteiger partial charge on any atom is -0.463 e. The molecule has 0 aliphatic rings. The van der Waals surface area contributed by atoms with Gasteiger partial charge in [0, 0.05) is 13.0 Å². The molecule has 3 N–H and O–H groups in total. The van der Waals surface area contributed by atoms with Crippen LogP contribution in [0.3, 0.4) is 0 Å². The van der Waals surface area contributed by atoms with Crippen LogP contribution in [0.15, 0.2) is 24.3 Å². The fourth-order valence-electron chi connectivity index (χ4n) is 2.95. The fourth-order valence-corrected chi connectivity index (χ4v) is 3.90. The number of esters is 1. The van der Waals surface area contributed by atoms with Gasteiger partial charge in [0.15, 0.2) is 0 Å². The van der Waals surface area contributed by atoms with E-state index in [1.807, 2.05) is 0 Å². The number of carbonyl (C=O) groups is 1. The van der Waals surface area contributed by atoms with Crippen molar-refractivity contribution < 1.29 is 32.9 Å². The van der Waals surface area contributed by atoms with Crippen LogP contribution in [-0.4, -0.2) is 56.9 Å². The number of carbonyl (C=O) groups excluding carboxylic acids is 1. The van der Waals surface area contributed by atoms with Crippen molar-refractivity contribution in [1.29, 1.82) is 0 Å². The molecular formula is C22H38N2O7S. The van der Waals surface area contributed by atoms with Crippen molar-refractivity contribution in [2.45, 2.75) is 64.9 Å². The monoisotopic (exact) mass is 474 g/mol. The first-order valence-corrected chi connectivity index (χ1v) is 12.8. The molecule has 10 heteroatoms. The van der Waals surface area contributed by atoms with Crippen LogP contribution in [0.5, 0.6) is 0 Å². The molecule has 1 aromatic rings. The number of hydrogen-bond donors (Lipinski definition) is 3. The average Bonchev–Trinajstić information content (AvgIpc) is 2.79. The van der Waals surface area contributed by atoms with Crippen LogP contribution in [0.25, 0.3) is 0 Å². The van der Waals surface area contributed by atoms with Crippen LogP contribution in [0.4, 0.5) is 5.69 Å². The fraction of sp³-hybridized carbons (Fsp3) is 0.682. The Morgan fingerprint density at radius 1 is 1.09 bits per heavy atom. The lowest BCUT2D eigenvalue weighted by Gasteiger charge is -2.25. The maximum absolute atomic E-state index is 12.5. The highest BCUT2D eigenvalue weighted by molar-refractivity contribution is 7.92. The van der Waals surface area contributed by atoms with Gasteiger partial charge in [-0.25, -0.2) is 12.8 Å². The molecule has 32 heavy (non-hydrogen) atoms. The quantitative estimate of drug-likeness (QED) is 0.128. The van der Waals surface area contributed by atoms with Crippen LogP contribution in [-0.2, 0) is 24.3 Å². The molecule has 0 bridgehead atoms. The van der Waals surface area contributed by atoms with Gasteiger partial charge in [0.1, 0.15) is 13.3 Å². The Labute approximate surface area is 191 Å². The summed E-state index contributed by atoms with van der Waals surface area (Å²) in [7, 11) is -3.58. The Morgan fingerprint density at radius 2 is 1.81 bits per heavy atom. The molecule has 0 amide bonds. The van der Waals surface area contributed by atoms with Gasteiger partial charge < -0.3 is 19.7 Å². The third-order valence-electron chi connectivity index (χ3n) is 4.82. The lowest BCUT2D eigenvalue weighted by atomic mass is 10.0. The van der Waals surface area contributed by atoms with E-state index in [0.717, 1.165) is 29.2 Å². The number of rotatable bonds is 18. The number of nitrogens with one attached hydrogen (secondary N) is 1. The summed E-state index contributed by atoms with van der Waals surface area (Å²) in [6, 6.07) is 6.80. The third kappa shape index (κ3) is 10.7. The molecule has 1 atom stereocenters. The van der Waals surface area contributed by atoms with E-state index in [4.69, 9.17) is 14.6 Å². The number of aliphatic hydroxyl groups excluding tert-OH is 2. The van der Waals surface area contributed by atoms with Gasteiger partial charge in [-0.3, -0.25) is 4.79 Å². The smallest absolute Gasteiger partial charge is 0.305 e. The lowest BCUT2D eigenvalue weighted by molar-refractivity contribution is -0.144. The van der Waals surface area contributed by atoms with Gasteiger partial charge >= 0.3 is 5.97 Å². The van der Waals surface area contributed by atoms with Crippen LogP contribution in [0, 0.1) is 0 Å². The van der Waals surface area contributed by atoms with E-state index >= 15 is 0 Å². The molecule has 0 fully saturated rings. The summed E-state index contributed by atoms with van der Waals surface area (Å²) in [5.41, 5.74) is 3.98. The standard InChI is InChI=1S/C22H38N2O7S/c1-3-5-6-9-21(26)19-11-13-20(14-12-19)24(32(28,29)4-2)23-18-30-16-8-7-10-22(27)31-17-15-25/h11-14,21,23,25-26H,3-10,15-18H2,1-2H3. The zero-order valence-corrected chi connectivity index (χ0v) is 20.0. The van der Waals surface area contributed by atoms with Crippen LogP contribution in [0.1, 0.15) is 70.5 Å². The summed E-state index contributed by atoms with van der Waals surface area (Å²) < 4.78 is 36.3. The van der Waals surface area contributed by atoms with E-state index < -0.39 is 16.1 Å². The van der Waals surface area contributed by atoms with Crippen molar-refractivity contribution >= 4 is 21.7 Å². The van der Waals surface area contributed by atoms with Crippen molar-refractivity contribution in [3.63, 3.8) is 0 Å². The highest BCUT2D eigenvalue weighted by atomic mass is 32.2. The van der Waals surface area contributed by atoms with Gasteiger partial charge in [0.25, 0.3) is 0 Å². The summed E-state index contributed by atoms with van der Waals surface area (Å²) >= 11 is 0. The van der Waals surface area contributed by atoms with Crippen LogP contribution >= 0.6 is 0 Å². The molecule has 0 saturated carbocycles. The molecule has 0 aromatic heterocycles. The van der Waals surface area contributed by atoms with Crippen molar-refractivity contribution in [2.75, 3.05) is 36.7 Å². The zero-order chi connectivity index (χ0) is 23.8. The maximum Gasteiger partial charge on any atom is 0.305 e. The predicted octanol–water partition coefficient (Wildman–Crippen LogP) is 2.64. The van der Waals surface area contributed by atoms with Gasteiger partial charge in [-0.05, 0) is 43.9 Å². The summed E-state index contributed by atoms with van der Waals surface area (Å²) in [6.07, 6.45) is 4.63. The molecule has 0 aliphatic heterocycles. The van der Waals surface area contributed by atoms with E-state index in [0.29, 0.717) is 31.6 Å². The van der Waals surface area contributed by atoms with Crippen molar-refractivity contribution in [2.24, 2.45) is 0 Å². The van der Waals surface area contributed by atoms with E-state index in [9.17, 15) is 18.3 Å². The molecular weight excluding hydrogens is 436 g/mol. The number of sulfonamides is 1. The number of aliphatic hydroxyl groups is 2. The van der Waals surface area contributed by atoms with Crippen molar-refractivity contribution in [3.05, 3.63) is 29.8 Å². The second kappa shape index (κ2) is 16.0. The molecule has 1 unspecified atom stereocenters. The zero-order valence-electron chi connectivity index (χ0n) is 19.2. The topological polar surface area (TPSA) is 125 Å². The second-order valence-electron chi connectivity index (χ2n) is 7.38. The highest BCUT2D eigenvalue weighted by Crippen LogP contribution is 2.23. The first-order chi connectivity index (χ1) is 15.4. The molecule has 0 radical (unpaired) electrons. The minimum absolute atomic E-state index is 0.000211. The summed E-state index contributed by atoms with van der Waals surface area (Å²) in [6.45, 7) is 3.81. The first kappa shape index (κ1) is 28.3. The van der Waals surface area contributed by atoms with Crippen molar-refractivity contribution in [3.8, 4) is 0 Å². The van der Waals surface area contributed by atoms with Gasteiger partial charge in [0.2, 0.25) is 10.0 Å². The molecule has 0 aliphatic carbocycles. The number of ether oxygens (including phenoxy) is 2. The summed E-state index contributed by atoms with van der Waals surface area (Å²) in [4.78, 5) is 11.3. The van der Waals surface area contributed by atoms with E-state index in [1.165, 1.54) is 0 Å². The van der Waals surface area contributed by atoms with Gasteiger partial charge in [-0.1, -0.05) is 38.3 Å². The molecule has 1 rings (SSSR count). The maximum atomic E-state index is 12.5. The SMILES string of the molecule is CCCCCC(O)c1ccc(N(NCOCCCCC(=O)OCCO)S(=O)(=O)CC)cc1. The van der Waals surface area contributed by atoms with Gasteiger partial charge in [-0.15, -0.1) is 0 Å². The summed E-state index contributed by atoms with van der Waals surface area (Å²) in [5, 5.41) is 18.9. The Kier molecular flexibility index (Phi) is 14.1. The second-order valence-corrected chi connectivity index (χ2v) is 9.49. The Balaban J connectivity index is 2.53. The first-order valence-electron chi connectivity index (χ1n) is 11.2. The van der Waals surface area contributed by atoms with E-state index in [-0.39, 0.29) is 38.1 Å². The Morgan fingerprint density at radius 3 is 2.44 bits per heavy atom. The lowest BCUT2D eigenvalue weighted by Crippen LogP contribution is -2.45. The summed E-state index contributed by atoms with van der Waals surface area (Å²) in [5.74, 6) is -0.450. The molecule has 0 spiro atoms. The van der Waals surface area contributed by atoms with Crippen molar-refractivity contribution in [1.82, 2.24) is 5.43 Å². The van der Waals surface area contributed by atoms with E-state index in [2.05, 4.69) is 12.3 Å². The Bertz CT molecular complexity index is 741.